The van der Waals surface area contributed by atoms with Crippen LogP contribution in [0, 0.1) is 5.82 Å². The quantitative estimate of drug-likeness (QED) is 0.886. The van der Waals surface area contributed by atoms with Crippen molar-refractivity contribution in [2.24, 2.45) is 0 Å². The second-order valence-electron chi connectivity index (χ2n) is 4.13. The van der Waals surface area contributed by atoms with Crippen LogP contribution in [-0.4, -0.2) is 41.9 Å². The fourth-order valence-electron chi connectivity index (χ4n) is 2.07. The Balaban J connectivity index is 2.37. The van der Waals surface area contributed by atoms with Crippen molar-refractivity contribution in [2.75, 3.05) is 24.7 Å². The number of morpholine rings is 1. The molecule has 0 spiro atoms. The first-order valence-electron chi connectivity index (χ1n) is 5.87. The number of pyridine rings is 1. The molecule has 1 unspecified atom stereocenters. The van der Waals surface area contributed by atoms with Crippen LogP contribution in [0.25, 0.3) is 0 Å². The van der Waals surface area contributed by atoms with E-state index in [-0.39, 0.29) is 17.4 Å². The Morgan fingerprint density at radius 3 is 3.17 bits per heavy atom. The van der Waals surface area contributed by atoms with Gasteiger partial charge in [0.25, 0.3) is 0 Å². The van der Waals surface area contributed by atoms with Crippen LogP contribution in [0.5, 0.6) is 0 Å². The highest BCUT2D eigenvalue weighted by Gasteiger charge is 2.27. The van der Waals surface area contributed by atoms with E-state index in [9.17, 15) is 9.18 Å². The summed E-state index contributed by atoms with van der Waals surface area (Å²) in [4.78, 5) is 16.7. The summed E-state index contributed by atoms with van der Waals surface area (Å²) in [6, 6.07) is 1.20. The Kier molecular flexibility index (Phi) is 3.76. The van der Waals surface area contributed by atoms with E-state index in [4.69, 9.17) is 9.84 Å². The van der Waals surface area contributed by atoms with Gasteiger partial charge in [-0.05, 0) is 12.5 Å². The Hall–Kier alpha value is -1.69. The number of aromatic carboxylic acids is 1. The van der Waals surface area contributed by atoms with E-state index < -0.39 is 11.8 Å². The molecule has 98 valence electrons. The van der Waals surface area contributed by atoms with Gasteiger partial charge in [0.05, 0.1) is 19.3 Å². The number of carboxylic acid groups (broad SMARTS) is 1. The molecule has 1 aliphatic rings. The number of nitrogens with zero attached hydrogens (tertiary/aromatic N) is 2. The van der Waals surface area contributed by atoms with E-state index >= 15 is 0 Å². The number of hydrogen-bond acceptors (Lipinski definition) is 4. The summed E-state index contributed by atoms with van der Waals surface area (Å²) in [5.74, 6) is -1.95. The molecular formula is C12H15FN2O3. The van der Waals surface area contributed by atoms with E-state index in [1.54, 1.807) is 4.90 Å². The number of hydrogen-bond donors (Lipinski definition) is 1. The number of anilines is 1. The summed E-state index contributed by atoms with van der Waals surface area (Å²) in [7, 11) is 0. The third-order valence-electron chi connectivity index (χ3n) is 3.07. The Morgan fingerprint density at radius 2 is 2.50 bits per heavy atom. The van der Waals surface area contributed by atoms with Crippen LogP contribution in [-0.2, 0) is 4.74 Å². The lowest BCUT2D eigenvalue weighted by molar-refractivity contribution is 0.0691. The van der Waals surface area contributed by atoms with Crippen LogP contribution < -0.4 is 4.90 Å². The fourth-order valence-corrected chi connectivity index (χ4v) is 2.07. The van der Waals surface area contributed by atoms with Crippen molar-refractivity contribution >= 4 is 11.8 Å². The maximum absolute atomic E-state index is 14.1. The van der Waals surface area contributed by atoms with Crippen molar-refractivity contribution in [1.82, 2.24) is 4.98 Å². The molecule has 18 heavy (non-hydrogen) atoms. The summed E-state index contributed by atoms with van der Waals surface area (Å²) < 4.78 is 19.4. The number of carbonyl (C=O) groups is 1. The molecule has 1 N–H and O–H groups in total. The molecule has 1 fully saturated rings. The maximum atomic E-state index is 14.1. The monoisotopic (exact) mass is 254 g/mol. The number of carboxylic acids is 1. The largest absolute Gasteiger partial charge is 0.478 e. The normalized spacial score (nSPS) is 19.9. The summed E-state index contributed by atoms with van der Waals surface area (Å²) >= 11 is 0. The first-order chi connectivity index (χ1) is 8.65. The second kappa shape index (κ2) is 5.30. The average Bonchev–Trinajstić information content (AvgIpc) is 2.38. The smallest absolute Gasteiger partial charge is 0.338 e. The fraction of sp³-hybridized carbons (Fsp3) is 0.500. The molecule has 0 aliphatic carbocycles. The van der Waals surface area contributed by atoms with Gasteiger partial charge in [-0.3, -0.25) is 0 Å². The number of halogens is 1. The summed E-state index contributed by atoms with van der Waals surface area (Å²) in [5.41, 5.74) is -0.346. The van der Waals surface area contributed by atoms with E-state index in [0.29, 0.717) is 19.8 Å². The number of rotatable bonds is 3. The maximum Gasteiger partial charge on any atom is 0.338 e. The zero-order valence-corrected chi connectivity index (χ0v) is 10.1. The van der Waals surface area contributed by atoms with Gasteiger partial charge >= 0.3 is 5.97 Å². The minimum atomic E-state index is -1.28. The zero-order chi connectivity index (χ0) is 13.1. The number of ether oxygens (including phenoxy) is 1. The minimum Gasteiger partial charge on any atom is -0.478 e. The van der Waals surface area contributed by atoms with Gasteiger partial charge < -0.3 is 14.7 Å². The van der Waals surface area contributed by atoms with Gasteiger partial charge in [-0.15, -0.1) is 0 Å². The van der Waals surface area contributed by atoms with Crippen molar-refractivity contribution in [3.05, 3.63) is 23.6 Å². The molecule has 1 aromatic heterocycles. The van der Waals surface area contributed by atoms with E-state index in [2.05, 4.69) is 4.98 Å². The molecule has 1 saturated heterocycles. The lowest BCUT2D eigenvalue weighted by Gasteiger charge is -2.36. The van der Waals surface area contributed by atoms with E-state index in [1.807, 2.05) is 6.92 Å². The standard InChI is InChI=1S/C12H15FN2O3/c1-2-8-7-18-6-5-15(8)11-10(13)9(12(16)17)3-4-14-11/h3-4,8H,2,5-7H2,1H3,(H,16,17). The molecule has 1 atom stereocenters. The van der Waals surface area contributed by atoms with E-state index in [0.717, 1.165) is 6.42 Å². The van der Waals surface area contributed by atoms with Gasteiger partial charge in [-0.25, -0.2) is 14.2 Å². The van der Waals surface area contributed by atoms with Crippen molar-refractivity contribution < 1.29 is 19.0 Å². The van der Waals surface area contributed by atoms with Gasteiger partial charge in [0.1, 0.15) is 5.56 Å². The highest BCUT2D eigenvalue weighted by molar-refractivity contribution is 5.88. The van der Waals surface area contributed by atoms with E-state index in [1.165, 1.54) is 12.3 Å². The molecule has 1 aromatic rings. The first-order valence-corrected chi connectivity index (χ1v) is 5.87. The lowest BCUT2D eigenvalue weighted by atomic mass is 10.1. The van der Waals surface area contributed by atoms with Crippen LogP contribution in [0.3, 0.4) is 0 Å². The minimum absolute atomic E-state index is 0.0322. The Labute approximate surface area is 104 Å². The molecule has 1 aliphatic heterocycles. The van der Waals surface area contributed by atoms with Crippen LogP contribution in [0.4, 0.5) is 10.2 Å². The highest BCUT2D eigenvalue weighted by atomic mass is 19.1. The topological polar surface area (TPSA) is 62.7 Å². The molecular weight excluding hydrogens is 239 g/mol. The summed E-state index contributed by atoms with van der Waals surface area (Å²) in [6.07, 6.45) is 2.11. The molecule has 2 rings (SSSR count). The molecule has 0 radical (unpaired) electrons. The van der Waals surface area contributed by atoms with Gasteiger partial charge in [0.2, 0.25) is 0 Å². The SMILES string of the molecule is CCC1COCCN1c1nccc(C(=O)O)c1F. The Bertz CT molecular complexity index is 453. The van der Waals surface area contributed by atoms with Crippen molar-refractivity contribution in [1.29, 1.82) is 0 Å². The molecule has 0 aromatic carbocycles. The Morgan fingerprint density at radius 1 is 1.72 bits per heavy atom. The third kappa shape index (κ3) is 2.28. The zero-order valence-electron chi connectivity index (χ0n) is 10.1. The van der Waals surface area contributed by atoms with Crippen LogP contribution in [0.2, 0.25) is 0 Å². The average molecular weight is 254 g/mol. The van der Waals surface area contributed by atoms with Crippen LogP contribution in [0.15, 0.2) is 12.3 Å². The first kappa shape index (κ1) is 12.8. The van der Waals surface area contributed by atoms with Crippen LogP contribution in [0.1, 0.15) is 23.7 Å². The molecule has 0 amide bonds. The van der Waals surface area contributed by atoms with Gasteiger partial charge in [-0.2, -0.15) is 0 Å². The van der Waals surface area contributed by atoms with Crippen molar-refractivity contribution in [3.63, 3.8) is 0 Å². The molecule has 6 heteroatoms. The predicted octanol–water partition coefficient (Wildman–Crippen LogP) is 1.53. The molecule has 0 bridgehead atoms. The van der Waals surface area contributed by atoms with Crippen molar-refractivity contribution in [3.8, 4) is 0 Å². The molecule has 2 heterocycles. The van der Waals surface area contributed by atoms with Gasteiger partial charge in [0.15, 0.2) is 11.6 Å². The third-order valence-corrected chi connectivity index (χ3v) is 3.07. The lowest BCUT2D eigenvalue weighted by Crippen LogP contribution is -2.46. The van der Waals surface area contributed by atoms with Crippen LogP contribution >= 0.6 is 0 Å². The van der Waals surface area contributed by atoms with Gasteiger partial charge in [-0.1, -0.05) is 6.92 Å². The molecule has 5 nitrogen and oxygen atoms in total. The predicted molar refractivity (Wildman–Crippen MR) is 63.4 cm³/mol. The number of aromatic nitrogens is 1. The summed E-state index contributed by atoms with van der Waals surface area (Å²) in [5, 5.41) is 8.90. The summed E-state index contributed by atoms with van der Waals surface area (Å²) in [6.45, 7) is 3.50. The van der Waals surface area contributed by atoms with Gasteiger partial charge in [0, 0.05) is 12.7 Å². The highest BCUT2D eigenvalue weighted by Crippen LogP contribution is 2.24. The second-order valence-corrected chi connectivity index (χ2v) is 4.13. The van der Waals surface area contributed by atoms with Crippen molar-refractivity contribution in [2.45, 2.75) is 19.4 Å². The molecule has 0 saturated carbocycles.